The van der Waals surface area contributed by atoms with Crippen LogP contribution in [0.4, 0.5) is 25.0 Å². The lowest BCUT2D eigenvalue weighted by Gasteiger charge is -2.09. The van der Waals surface area contributed by atoms with Gasteiger partial charge in [0.25, 0.3) is 0 Å². The molecule has 1 heterocycles. The molecule has 0 fully saturated rings. The summed E-state index contributed by atoms with van der Waals surface area (Å²) in [6.07, 6.45) is 1.53. The van der Waals surface area contributed by atoms with Gasteiger partial charge < -0.3 is 15.6 Å². The number of halogens is 2. The Morgan fingerprint density at radius 1 is 1.10 bits per heavy atom. The summed E-state index contributed by atoms with van der Waals surface area (Å²) < 4.78 is 26.8. The summed E-state index contributed by atoms with van der Waals surface area (Å²) >= 11 is 0. The van der Waals surface area contributed by atoms with E-state index in [2.05, 4.69) is 20.6 Å². The second-order valence-corrected chi connectivity index (χ2v) is 4.31. The Morgan fingerprint density at radius 2 is 1.86 bits per heavy atom. The summed E-state index contributed by atoms with van der Waals surface area (Å²) in [4.78, 5) is 18.7. The number of aromatic nitrogens is 2. The van der Waals surface area contributed by atoms with Crippen molar-refractivity contribution in [2.45, 2.75) is 0 Å². The molecular formula is C14H10F2N4O. The van der Waals surface area contributed by atoms with Crippen molar-refractivity contribution in [1.29, 1.82) is 0 Å². The van der Waals surface area contributed by atoms with E-state index >= 15 is 0 Å². The van der Waals surface area contributed by atoms with Gasteiger partial charge in [0.1, 0.15) is 17.3 Å². The number of nitrogens with zero attached hydrogens (tertiary/aromatic N) is 1. The van der Waals surface area contributed by atoms with Crippen molar-refractivity contribution in [2.75, 3.05) is 10.6 Å². The van der Waals surface area contributed by atoms with Gasteiger partial charge in [-0.05, 0) is 30.3 Å². The molecule has 0 spiro atoms. The molecule has 0 radical (unpaired) electrons. The number of carbonyl (C=O) groups excluding carboxylic acids is 1. The predicted molar refractivity (Wildman–Crippen MR) is 75.1 cm³/mol. The lowest BCUT2D eigenvalue weighted by molar-refractivity contribution is 0.262. The number of anilines is 2. The number of amides is 2. The standard InChI is InChI=1S/C14H10F2N4O/c15-9-2-1-3-10(16)13(9)20-14(21)19-8-4-5-11-12(6-8)18-7-17-11/h1-7H,(H,17,18)(H2,19,20,21). The van der Waals surface area contributed by atoms with Crippen LogP contribution < -0.4 is 10.6 Å². The van der Waals surface area contributed by atoms with Gasteiger partial charge >= 0.3 is 6.03 Å². The van der Waals surface area contributed by atoms with Gasteiger partial charge in [-0.15, -0.1) is 0 Å². The summed E-state index contributed by atoms with van der Waals surface area (Å²) in [5.74, 6) is -1.68. The smallest absolute Gasteiger partial charge is 0.323 e. The van der Waals surface area contributed by atoms with Crippen LogP contribution in [0.1, 0.15) is 0 Å². The van der Waals surface area contributed by atoms with Crippen LogP contribution in [0.25, 0.3) is 11.0 Å². The molecule has 0 aliphatic carbocycles. The van der Waals surface area contributed by atoms with Crippen molar-refractivity contribution in [3.63, 3.8) is 0 Å². The van der Waals surface area contributed by atoms with Gasteiger partial charge in [-0.3, -0.25) is 0 Å². The van der Waals surface area contributed by atoms with Gasteiger partial charge in [0.2, 0.25) is 0 Å². The summed E-state index contributed by atoms with van der Waals surface area (Å²) in [6, 6.07) is 7.63. The molecule has 0 atom stereocenters. The number of hydrogen-bond acceptors (Lipinski definition) is 2. The molecule has 7 heteroatoms. The molecule has 3 aromatic rings. The topological polar surface area (TPSA) is 69.8 Å². The highest BCUT2D eigenvalue weighted by Crippen LogP contribution is 2.19. The number of urea groups is 1. The Kier molecular flexibility index (Phi) is 3.23. The first-order chi connectivity index (χ1) is 10.1. The number of imidazole rings is 1. The fraction of sp³-hybridized carbons (Fsp3) is 0. The number of carbonyl (C=O) groups is 1. The molecule has 0 bridgehead atoms. The van der Waals surface area contributed by atoms with E-state index in [9.17, 15) is 13.6 Å². The highest BCUT2D eigenvalue weighted by atomic mass is 19.1. The molecule has 2 aromatic carbocycles. The highest BCUT2D eigenvalue weighted by Gasteiger charge is 2.12. The van der Waals surface area contributed by atoms with Gasteiger partial charge in [0.15, 0.2) is 0 Å². The second-order valence-electron chi connectivity index (χ2n) is 4.31. The summed E-state index contributed by atoms with van der Waals surface area (Å²) in [7, 11) is 0. The predicted octanol–water partition coefficient (Wildman–Crippen LogP) is 3.49. The third-order valence-corrected chi connectivity index (χ3v) is 2.88. The van der Waals surface area contributed by atoms with Gasteiger partial charge in [-0.25, -0.2) is 18.6 Å². The molecule has 21 heavy (non-hydrogen) atoms. The highest BCUT2D eigenvalue weighted by molar-refractivity contribution is 6.00. The minimum absolute atomic E-state index is 0.473. The van der Waals surface area contributed by atoms with Crippen LogP contribution in [-0.2, 0) is 0 Å². The first-order valence-corrected chi connectivity index (χ1v) is 6.08. The van der Waals surface area contributed by atoms with Crippen molar-refractivity contribution in [2.24, 2.45) is 0 Å². The fourth-order valence-electron chi connectivity index (χ4n) is 1.91. The first kappa shape index (κ1) is 13.0. The second kappa shape index (κ2) is 5.20. The third-order valence-electron chi connectivity index (χ3n) is 2.88. The average molecular weight is 288 g/mol. The quantitative estimate of drug-likeness (QED) is 0.675. The van der Waals surface area contributed by atoms with Crippen molar-refractivity contribution in [1.82, 2.24) is 9.97 Å². The van der Waals surface area contributed by atoms with Crippen LogP contribution in [0.3, 0.4) is 0 Å². The molecule has 0 aliphatic rings. The van der Waals surface area contributed by atoms with Gasteiger partial charge in [-0.1, -0.05) is 6.07 Å². The van der Waals surface area contributed by atoms with Crippen molar-refractivity contribution < 1.29 is 13.6 Å². The number of H-pyrrole nitrogens is 1. The average Bonchev–Trinajstić information content (AvgIpc) is 2.90. The maximum Gasteiger partial charge on any atom is 0.323 e. The van der Waals surface area contributed by atoms with Crippen LogP contribution in [-0.4, -0.2) is 16.0 Å². The molecular weight excluding hydrogens is 278 g/mol. The molecule has 0 unspecified atom stereocenters. The Hall–Kier alpha value is -2.96. The van der Waals surface area contributed by atoms with E-state index in [0.29, 0.717) is 5.69 Å². The van der Waals surface area contributed by atoms with Crippen LogP contribution in [0.5, 0.6) is 0 Å². The number of benzene rings is 2. The molecule has 1 aromatic heterocycles. The van der Waals surface area contributed by atoms with E-state index < -0.39 is 23.4 Å². The number of para-hydroxylation sites is 1. The zero-order chi connectivity index (χ0) is 14.8. The third kappa shape index (κ3) is 2.66. The van der Waals surface area contributed by atoms with E-state index in [0.717, 1.165) is 23.2 Å². The minimum atomic E-state index is -0.839. The maximum absolute atomic E-state index is 13.4. The normalized spacial score (nSPS) is 10.6. The van der Waals surface area contributed by atoms with Gasteiger partial charge in [-0.2, -0.15) is 0 Å². The molecule has 2 amide bonds. The van der Waals surface area contributed by atoms with E-state index in [4.69, 9.17) is 0 Å². The monoisotopic (exact) mass is 288 g/mol. The van der Waals surface area contributed by atoms with Crippen molar-refractivity contribution in [3.05, 3.63) is 54.4 Å². The number of nitrogens with one attached hydrogen (secondary N) is 3. The van der Waals surface area contributed by atoms with Crippen LogP contribution in [0.2, 0.25) is 0 Å². The molecule has 106 valence electrons. The SMILES string of the molecule is O=C(Nc1ccc2nc[nH]c2c1)Nc1c(F)cccc1F. The number of hydrogen-bond donors (Lipinski definition) is 3. The van der Waals surface area contributed by atoms with E-state index in [-0.39, 0.29) is 0 Å². The molecule has 0 saturated heterocycles. The zero-order valence-corrected chi connectivity index (χ0v) is 10.7. The van der Waals surface area contributed by atoms with Gasteiger partial charge in [0, 0.05) is 5.69 Å². The molecule has 5 nitrogen and oxygen atoms in total. The maximum atomic E-state index is 13.4. The van der Waals surface area contributed by atoms with Crippen LogP contribution in [0.15, 0.2) is 42.7 Å². The Labute approximate surface area is 118 Å². The largest absolute Gasteiger partial charge is 0.345 e. The summed E-state index contributed by atoms with van der Waals surface area (Å²) in [6.45, 7) is 0. The van der Waals surface area contributed by atoms with Crippen molar-refractivity contribution in [3.8, 4) is 0 Å². The Morgan fingerprint density at radius 3 is 2.62 bits per heavy atom. The Bertz CT molecular complexity index is 795. The lowest BCUT2D eigenvalue weighted by atomic mass is 10.2. The molecule has 0 aliphatic heterocycles. The van der Waals surface area contributed by atoms with Crippen LogP contribution in [0, 0.1) is 11.6 Å². The first-order valence-electron chi connectivity index (χ1n) is 6.08. The number of fused-ring (bicyclic) bond motifs is 1. The summed E-state index contributed by atoms with van der Waals surface area (Å²) in [5.41, 5.74) is 1.48. The van der Waals surface area contributed by atoms with E-state index in [1.165, 1.54) is 12.4 Å². The molecule has 3 rings (SSSR count). The molecule has 3 N–H and O–H groups in total. The zero-order valence-electron chi connectivity index (χ0n) is 10.7. The van der Waals surface area contributed by atoms with Crippen LogP contribution >= 0.6 is 0 Å². The minimum Gasteiger partial charge on any atom is -0.345 e. The van der Waals surface area contributed by atoms with Crippen molar-refractivity contribution >= 4 is 28.4 Å². The number of aromatic amines is 1. The molecule has 0 saturated carbocycles. The number of rotatable bonds is 2. The van der Waals surface area contributed by atoms with Gasteiger partial charge in [0.05, 0.1) is 17.4 Å². The Balaban J connectivity index is 1.77. The fourth-order valence-corrected chi connectivity index (χ4v) is 1.91. The summed E-state index contributed by atoms with van der Waals surface area (Å²) in [5, 5.41) is 4.64. The lowest BCUT2D eigenvalue weighted by Crippen LogP contribution is -2.20. The van der Waals surface area contributed by atoms with E-state index in [1.807, 2.05) is 0 Å². The van der Waals surface area contributed by atoms with E-state index in [1.54, 1.807) is 18.2 Å².